The molecule has 0 bridgehead atoms. The van der Waals surface area contributed by atoms with Crippen molar-refractivity contribution < 1.29 is 9.53 Å². The van der Waals surface area contributed by atoms with E-state index in [4.69, 9.17) is 10.5 Å². The fourth-order valence-electron chi connectivity index (χ4n) is 2.15. The molecule has 2 aromatic rings. The zero-order valence-corrected chi connectivity index (χ0v) is 10.8. The highest BCUT2D eigenvalue weighted by atomic mass is 16.5. The minimum Gasteiger partial charge on any atom is -0.494 e. The Bertz CT molecular complexity index is 572. The van der Waals surface area contributed by atoms with E-state index >= 15 is 0 Å². The fraction of sp³-hybridized carbons (Fsp3) is 0.357. The first-order valence-electron chi connectivity index (χ1n) is 6.15. The molecule has 2 N–H and O–H groups in total. The Morgan fingerprint density at radius 1 is 1.44 bits per heavy atom. The first-order chi connectivity index (χ1) is 8.67. The molecule has 0 saturated heterocycles. The maximum Gasteiger partial charge on any atom is 0.227 e. The number of nitrogens with two attached hydrogens (primary N) is 1. The molecule has 96 valence electrons. The van der Waals surface area contributed by atoms with Crippen molar-refractivity contribution in [3.05, 3.63) is 30.0 Å². The van der Waals surface area contributed by atoms with Gasteiger partial charge in [0, 0.05) is 18.5 Å². The molecule has 0 aliphatic heterocycles. The van der Waals surface area contributed by atoms with E-state index in [0.717, 1.165) is 28.6 Å². The number of nitrogens with zero attached hydrogens (tertiary/aromatic N) is 1. The van der Waals surface area contributed by atoms with Crippen molar-refractivity contribution in [1.82, 2.24) is 4.57 Å². The molecule has 4 heteroatoms. The number of carbonyl (C=O) groups is 1. The number of carbonyl (C=O) groups excluding carboxylic acids is 1. The lowest BCUT2D eigenvalue weighted by atomic mass is 10.1. The number of rotatable bonds is 4. The van der Waals surface area contributed by atoms with Crippen LogP contribution >= 0.6 is 0 Å². The number of benzene rings is 1. The van der Waals surface area contributed by atoms with Crippen LogP contribution in [0.3, 0.4) is 0 Å². The quantitative estimate of drug-likeness (QED) is 0.899. The second-order valence-corrected chi connectivity index (χ2v) is 4.19. The molecule has 0 amide bonds. The molecule has 0 unspecified atom stereocenters. The highest BCUT2D eigenvalue weighted by Gasteiger charge is 2.11. The van der Waals surface area contributed by atoms with Gasteiger partial charge in [0.05, 0.1) is 12.1 Å². The number of hydrogen-bond acceptors (Lipinski definition) is 3. The van der Waals surface area contributed by atoms with Gasteiger partial charge in [0.1, 0.15) is 5.75 Å². The molecule has 4 nitrogen and oxygen atoms in total. The van der Waals surface area contributed by atoms with Crippen LogP contribution in [0, 0.1) is 0 Å². The van der Waals surface area contributed by atoms with Crippen LogP contribution in [-0.2, 0) is 6.42 Å². The Labute approximate surface area is 106 Å². The number of hydrogen-bond donors (Lipinski definition) is 1. The summed E-state index contributed by atoms with van der Waals surface area (Å²) in [5.41, 5.74) is 7.61. The van der Waals surface area contributed by atoms with Crippen LogP contribution in [0.4, 0.5) is 0 Å². The van der Waals surface area contributed by atoms with E-state index in [1.165, 1.54) is 0 Å². The third-order valence-electron chi connectivity index (χ3n) is 2.92. The van der Waals surface area contributed by atoms with Crippen LogP contribution < -0.4 is 10.5 Å². The van der Waals surface area contributed by atoms with E-state index in [1.807, 2.05) is 31.3 Å². The first kappa shape index (κ1) is 12.6. The molecule has 1 aromatic carbocycles. The summed E-state index contributed by atoms with van der Waals surface area (Å²) in [4.78, 5) is 11.6. The highest BCUT2D eigenvalue weighted by molar-refractivity contribution is 5.94. The monoisotopic (exact) mass is 246 g/mol. The second kappa shape index (κ2) is 5.23. The topological polar surface area (TPSA) is 57.2 Å². The Balaban J connectivity index is 2.59. The predicted molar refractivity (Wildman–Crippen MR) is 72.2 cm³/mol. The maximum absolute atomic E-state index is 11.6. The lowest BCUT2D eigenvalue weighted by Crippen LogP contribution is -2.04. The molecule has 1 heterocycles. The third kappa shape index (κ3) is 2.24. The molecule has 0 spiro atoms. The highest BCUT2D eigenvalue weighted by Crippen LogP contribution is 2.26. The predicted octanol–water partition coefficient (Wildman–Crippen LogP) is 2.20. The van der Waals surface area contributed by atoms with Crippen LogP contribution in [0.2, 0.25) is 0 Å². The molecule has 1 aromatic heterocycles. The first-order valence-corrected chi connectivity index (χ1v) is 6.15. The van der Waals surface area contributed by atoms with Gasteiger partial charge in [0.25, 0.3) is 0 Å². The minimum absolute atomic E-state index is 0.00688. The smallest absolute Gasteiger partial charge is 0.227 e. The molecule has 0 saturated carbocycles. The molecule has 2 rings (SSSR count). The summed E-state index contributed by atoms with van der Waals surface area (Å²) in [6.45, 7) is 4.70. The van der Waals surface area contributed by atoms with Crippen LogP contribution in [-0.4, -0.2) is 23.6 Å². The summed E-state index contributed by atoms with van der Waals surface area (Å²) in [5, 5.41) is 1.04. The van der Waals surface area contributed by atoms with Crippen LogP contribution in [0.25, 0.3) is 10.9 Å². The van der Waals surface area contributed by atoms with Gasteiger partial charge in [-0.3, -0.25) is 9.36 Å². The third-order valence-corrected chi connectivity index (χ3v) is 2.92. The number of aromatic nitrogens is 1. The average molecular weight is 246 g/mol. The Kier molecular flexibility index (Phi) is 3.67. The van der Waals surface area contributed by atoms with Gasteiger partial charge in [-0.25, -0.2) is 0 Å². The van der Waals surface area contributed by atoms with E-state index in [9.17, 15) is 4.79 Å². The van der Waals surface area contributed by atoms with Gasteiger partial charge in [0.15, 0.2) is 0 Å². The largest absolute Gasteiger partial charge is 0.494 e. The lowest BCUT2D eigenvalue weighted by Gasteiger charge is -2.04. The van der Waals surface area contributed by atoms with E-state index in [-0.39, 0.29) is 5.91 Å². The summed E-state index contributed by atoms with van der Waals surface area (Å²) in [6, 6.07) is 5.78. The molecule has 18 heavy (non-hydrogen) atoms. The van der Waals surface area contributed by atoms with Crippen molar-refractivity contribution in [2.45, 2.75) is 20.3 Å². The van der Waals surface area contributed by atoms with E-state index in [2.05, 4.69) is 0 Å². The van der Waals surface area contributed by atoms with Gasteiger partial charge in [-0.15, -0.1) is 0 Å². The molecule has 0 radical (unpaired) electrons. The van der Waals surface area contributed by atoms with Crippen molar-refractivity contribution in [1.29, 1.82) is 0 Å². The molecule has 0 fully saturated rings. The van der Waals surface area contributed by atoms with Gasteiger partial charge in [0.2, 0.25) is 5.91 Å². The number of ether oxygens (including phenoxy) is 1. The van der Waals surface area contributed by atoms with Crippen molar-refractivity contribution in [3.8, 4) is 5.75 Å². The summed E-state index contributed by atoms with van der Waals surface area (Å²) in [6.07, 6.45) is 2.63. The Morgan fingerprint density at radius 2 is 2.22 bits per heavy atom. The van der Waals surface area contributed by atoms with Crippen LogP contribution in [0.15, 0.2) is 24.4 Å². The lowest BCUT2D eigenvalue weighted by molar-refractivity contribution is 0.0941. The van der Waals surface area contributed by atoms with Crippen molar-refractivity contribution in [2.24, 2.45) is 5.73 Å². The SMILES string of the molecule is CCOc1ccc2c(c1)c(CCN)cn2C(C)=O. The summed E-state index contributed by atoms with van der Waals surface area (Å²) >= 11 is 0. The second-order valence-electron chi connectivity index (χ2n) is 4.19. The van der Waals surface area contributed by atoms with E-state index in [1.54, 1.807) is 11.5 Å². The summed E-state index contributed by atoms with van der Waals surface area (Å²) < 4.78 is 7.15. The molecule has 0 aliphatic carbocycles. The molecule has 0 atom stereocenters. The van der Waals surface area contributed by atoms with Gasteiger partial charge in [-0.2, -0.15) is 0 Å². The maximum atomic E-state index is 11.6. The summed E-state index contributed by atoms with van der Waals surface area (Å²) in [5.74, 6) is 0.831. The normalized spacial score (nSPS) is 10.8. The Hall–Kier alpha value is -1.81. The minimum atomic E-state index is 0.00688. The van der Waals surface area contributed by atoms with Gasteiger partial charge >= 0.3 is 0 Å². The van der Waals surface area contributed by atoms with E-state index in [0.29, 0.717) is 13.2 Å². The molecule has 0 aliphatic rings. The van der Waals surface area contributed by atoms with Crippen LogP contribution in [0.1, 0.15) is 24.2 Å². The molecular formula is C14H18N2O2. The van der Waals surface area contributed by atoms with Crippen molar-refractivity contribution in [3.63, 3.8) is 0 Å². The zero-order chi connectivity index (χ0) is 13.1. The van der Waals surface area contributed by atoms with Crippen molar-refractivity contribution >= 4 is 16.8 Å². The average Bonchev–Trinajstić information content (AvgIpc) is 2.69. The van der Waals surface area contributed by atoms with Crippen molar-refractivity contribution in [2.75, 3.05) is 13.2 Å². The van der Waals surface area contributed by atoms with Crippen LogP contribution in [0.5, 0.6) is 5.75 Å². The number of fused-ring (bicyclic) bond motifs is 1. The standard InChI is InChI=1S/C14H18N2O2/c1-3-18-12-4-5-14-13(8-12)11(6-7-15)9-16(14)10(2)17/h4-5,8-9H,3,6-7,15H2,1-2H3. The fourth-order valence-corrected chi connectivity index (χ4v) is 2.15. The van der Waals surface area contributed by atoms with Gasteiger partial charge < -0.3 is 10.5 Å². The van der Waals surface area contributed by atoms with Gasteiger partial charge in [-0.05, 0) is 43.7 Å². The summed E-state index contributed by atoms with van der Waals surface area (Å²) in [7, 11) is 0. The van der Waals surface area contributed by atoms with E-state index < -0.39 is 0 Å². The zero-order valence-electron chi connectivity index (χ0n) is 10.8. The van der Waals surface area contributed by atoms with Gasteiger partial charge in [-0.1, -0.05) is 0 Å². The molecular weight excluding hydrogens is 228 g/mol. The Morgan fingerprint density at radius 3 is 2.83 bits per heavy atom.